The predicted octanol–water partition coefficient (Wildman–Crippen LogP) is 15.9. The second-order valence-electron chi connectivity index (χ2n) is 19.3. The van der Waals surface area contributed by atoms with E-state index in [1.165, 1.54) is 72.0 Å². The molecule has 0 atom stereocenters. The van der Waals surface area contributed by atoms with Crippen LogP contribution in [-0.2, 0) is 5.41 Å². The monoisotopic (exact) mass is 855 g/mol. The van der Waals surface area contributed by atoms with Crippen LogP contribution in [0, 0.1) is 41.5 Å². The number of hydrogen-bond donors (Lipinski definition) is 0. The first-order chi connectivity index (χ1) is 31.8. The van der Waals surface area contributed by atoms with Gasteiger partial charge in [-0.1, -0.05) is 135 Å². The van der Waals surface area contributed by atoms with E-state index in [9.17, 15) is 0 Å². The molecule has 3 aromatic heterocycles. The minimum Gasteiger partial charge on any atom is -0.309 e. The minimum atomic E-state index is 0.0114. The van der Waals surface area contributed by atoms with E-state index in [2.05, 4.69) is 211 Å². The molecular formula is C61H53N5. The number of para-hydroxylation sites is 2. The standard InChI is InChI=1S/C61H53N5/c1-36-29-38(3)56(39(4)30-36)43-23-26-54-48(33-43)49-34-44(57-40(5)31-37(2)32-41(57)6)24-27-55(49)66(54)60-63-58(42-17-11-10-12-18-42)62-59(64-60)47-20-14-16-22-52(47)65-51-21-15-13-19-46(51)50-35-45(61(7,8)9)25-28-53(50)65/h10-35H,1-9H3. The fraction of sp³-hybridized carbons (Fsp3) is 0.164. The van der Waals surface area contributed by atoms with E-state index in [0.717, 1.165) is 49.7 Å². The Morgan fingerprint density at radius 3 is 1.47 bits per heavy atom. The molecule has 5 heteroatoms. The van der Waals surface area contributed by atoms with Crippen molar-refractivity contribution >= 4 is 43.6 Å². The van der Waals surface area contributed by atoms with Gasteiger partial charge >= 0.3 is 0 Å². The van der Waals surface area contributed by atoms with Gasteiger partial charge in [0, 0.05) is 32.7 Å². The van der Waals surface area contributed by atoms with Crippen molar-refractivity contribution in [3.63, 3.8) is 0 Å². The van der Waals surface area contributed by atoms with Crippen LogP contribution in [-0.4, -0.2) is 24.1 Å². The molecule has 0 radical (unpaired) electrons. The zero-order valence-corrected chi connectivity index (χ0v) is 39.2. The lowest BCUT2D eigenvalue weighted by Crippen LogP contribution is -2.10. The molecule has 0 unspecified atom stereocenters. The molecule has 66 heavy (non-hydrogen) atoms. The highest BCUT2D eigenvalue weighted by Crippen LogP contribution is 2.41. The van der Waals surface area contributed by atoms with Gasteiger partial charge in [-0.15, -0.1) is 0 Å². The van der Waals surface area contributed by atoms with Crippen molar-refractivity contribution in [3.8, 4) is 56.7 Å². The molecule has 5 nitrogen and oxygen atoms in total. The van der Waals surface area contributed by atoms with E-state index < -0.39 is 0 Å². The highest BCUT2D eigenvalue weighted by Gasteiger charge is 2.24. The van der Waals surface area contributed by atoms with Gasteiger partial charge in [0.05, 0.1) is 27.8 Å². The SMILES string of the molecule is Cc1cc(C)c(-c2ccc3c(c2)c2cc(-c4c(C)cc(C)cc4C)ccc2n3-c2nc(-c3ccccc3)nc(-c3ccccc3-n3c4ccccc4c4cc(C(C)(C)C)ccc43)n2)c(C)c1. The summed E-state index contributed by atoms with van der Waals surface area (Å²) in [7, 11) is 0. The summed E-state index contributed by atoms with van der Waals surface area (Å²) >= 11 is 0. The Balaban J connectivity index is 1.19. The molecular weight excluding hydrogens is 803 g/mol. The van der Waals surface area contributed by atoms with Crippen LogP contribution >= 0.6 is 0 Å². The van der Waals surface area contributed by atoms with Crippen LogP contribution in [0.5, 0.6) is 0 Å². The lowest BCUT2D eigenvalue weighted by atomic mass is 9.86. The van der Waals surface area contributed by atoms with Gasteiger partial charge in [0.1, 0.15) is 0 Å². The minimum absolute atomic E-state index is 0.0114. The summed E-state index contributed by atoms with van der Waals surface area (Å²) in [6, 6.07) is 57.4. The highest BCUT2D eigenvalue weighted by molar-refractivity contribution is 6.12. The Morgan fingerprint density at radius 2 is 0.864 bits per heavy atom. The summed E-state index contributed by atoms with van der Waals surface area (Å²) in [5.41, 5.74) is 21.1. The zero-order valence-electron chi connectivity index (χ0n) is 39.2. The van der Waals surface area contributed by atoms with Gasteiger partial charge in [-0.05, 0) is 152 Å². The summed E-state index contributed by atoms with van der Waals surface area (Å²) in [6.45, 7) is 20.1. The Morgan fingerprint density at radius 1 is 0.379 bits per heavy atom. The number of hydrogen-bond acceptors (Lipinski definition) is 3. The zero-order chi connectivity index (χ0) is 45.6. The van der Waals surface area contributed by atoms with E-state index in [1.807, 2.05) is 18.2 Å². The lowest BCUT2D eigenvalue weighted by molar-refractivity contribution is 0.591. The van der Waals surface area contributed by atoms with Gasteiger partial charge in [0.15, 0.2) is 11.6 Å². The molecule has 11 rings (SSSR count). The van der Waals surface area contributed by atoms with Crippen molar-refractivity contribution in [3.05, 3.63) is 197 Å². The number of aryl methyl sites for hydroxylation is 6. The van der Waals surface area contributed by atoms with Crippen molar-refractivity contribution in [1.29, 1.82) is 0 Å². The molecule has 3 heterocycles. The van der Waals surface area contributed by atoms with Gasteiger partial charge in [-0.25, -0.2) is 4.98 Å². The van der Waals surface area contributed by atoms with Crippen molar-refractivity contribution in [2.75, 3.05) is 0 Å². The summed E-state index contributed by atoms with van der Waals surface area (Å²) in [6.07, 6.45) is 0. The predicted molar refractivity (Wildman–Crippen MR) is 277 cm³/mol. The van der Waals surface area contributed by atoms with Crippen molar-refractivity contribution < 1.29 is 0 Å². The van der Waals surface area contributed by atoms with Crippen LogP contribution < -0.4 is 0 Å². The van der Waals surface area contributed by atoms with Crippen LogP contribution in [0.3, 0.4) is 0 Å². The normalized spacial score (nSPS) is 12.0. The summed E-state index contributed by atoms with van der Waals surface area (Å²) in [5, 5.41) is 4.74. The highest BCUT2D eigenvalue weighted by atomic mass is 15.2. The second kappa shape index (κ2) is 15.5. The number of fused-ring (bicyclic) bond motifs is 6. The van der Waals surface area contributed by atoms with Crippen molar-refractivity contribution in [2.24, 2.45) is 0 Å². The third kappa shape index (κ3) is 6.80. The van der Waals surface area contributed by atoms with Crippen molar-refractivity contribution in [2.45, 2.75) is 67.7 Å². The molecule has 0 saturated carbocycles. The molecule has 0 aliphatic rings. The molecule has 0 aliphatic carbocycles. The maximum Gasteiger partial charge on any atom is 0.238 e. The first-order valence-electron chi connectivity index (χ1n) is 23.0. The average molecular weight is 856 g/mol. The molecule has 0 spiro atoms. The Kier molecular flexibility index (Phi) is 9.67. The van der Waals surface area contributed by atoms with Gasteiger partial charge in [-0.2, -0.15) is 9.97 Å². The smallest absolute Gasteiger partial charge is 0.238 e. The molecule has 0 amide bonds. The van der Waals surface area contributed by atoms with E-state index in [4.69, 9.17) is 15.0 Å². The fourth-order valence-corrected chi connectivity index (χ4v) is 10.7. The average Bonchev–Trinajstić information content (AvgIpc) is 3.80. The van der Waals surface area contributed by atoms with Gasteiger partial charge in [-0.3, -0.25) is 4.57 Å². The van der Waals surface area contributed by atoms with Crippen LogP contribution in [0.4, 0.5) is 0 Å². The maximum absolute atomic E-state index is 5.51. The Bertz CT molecular complexity index is 3590. The largest absolute Gasteiger partial charge is 0.309 e. The quantitative estimate of drug-likeness (QED) is 0.167. The van der Waals surface area contributed by atoms with Crippen LogP contribution in [0.25, 0.3) is 100 Å². The van der Waals surface area contributed by atoms with Gasteiger partial charge in [0.25, 0.3) is 0 Å². The molecule has 0 saturated heterocycles. The number of aromatic nitrogens is 5. The maximum atomic E-state index is 5.51. The summed E-state index contributed by atoms with van der Waals surface area (Å²) in [5.74, 6) is 1.78. The topological polar surface area (TPSA) is 48.5 Å². The molecule has 0 fully saturated rings. The van der Waals surface area contributed by atoms with Crippen LogP contribution in [0.15, 0.2) is 158 Å². The molecule has 0 aliphatic heterocycles. The van der Waals surface area contributed by atoms with Gasteiger partial charge < -0.3 is 4.57 Å². The van der Waals surface area contributed by atoms with Crippen LogP contribution in [0.1, 0.15) is 59.7 Å². The van der Waals surface area contributed by atoms with Crippen LogP contribution in [0.2, 0.25) is 0 Å². The van der Waals surface area contributed by atoms with E-state index >= 15 is 0 Å². The summed E-state index contributed by atoms with van der Waals surface area (Å²) < 4.78 is 4.63. The fourth-order valence-electron chi connectivity index (χ4n) is 10.7. The second-order valence-corrected chi connectivity index (χ2v) is 19.3. The molecule has 11 aromatic rings. The van der Waals surface area contributed by atoms with E-state index in [1.54, 1.807) is 0 Å². The first-order valence-corrected chi connectivity index (χ1v) is 23.0. The van der Waals surface area contributed by atoms with Crippen molar-refractivity contribution in [1.82, 2.24) is 24.1 Å². The molecule has 8 aromatic carbocycles. The number of benzene rings is 8. The third-order valence-electron chi connectivity index (χ3n) is 13.5. The Labute approximate surface area is 387 Å². The molecule has 0 bridgehead atoms. The summed E-state index contributed by atoms with van der Waals surface area (Å²) in [4.78, 5) is 16.2. The Hall–Kier alpha value is -7.63. The number of rotatable bonds is 6. The third-order valence-corrected chi connectivity index (χ3v) is 13.5. The number of nitrogens with zero attached hydrogens (tertiary/aromatic N) is 5. The molecule has 0 N–H and O–H groups in total. The molecule has 322 valence electrons. The lowest BCUT2D eigenvalue weighted by Gasteiger charge is -2.19. The van der Waals surface area contributed by atoms with E-state index in [0.29, 0.717) is 17.6 Å². The van der Waals surface area contributed by atoms with Gasteiger partial charge in [0.2, 0.25) is 5.95 Å². The van der Waals surface area contributed by atoms with E-state index in [-0.39, 0.29) is 5.41 Å². The first kappa shape index (κ1) is 41.1.